The minimum Gasteiger partial charge on any atom is -0.467 e. The van der Waals surface area contributed by atoms with Gasteiger partial charge in [-0.1, -0.05) is 18.2 Å². The number of hydrogen-bond donors (Lipinski definition) is 2. The molecule has 0 saturated carbocycles. The molecule has 8 heteroatoms. The number of carbonyl (C=O) groups is 1. The predicted molar refractivity (Wildman–Crippen MR) is 94.9 cm³/mol. The summed E-state index contributed by atoms with van der Waals surface area (Å²) in [5.41, 5.74) is 1.77. The summed E-state index contributed by atoms with van der Waals surface area (Å²) in [6.07, 6.45) is 2.25. The lowest BCUT2D eigenvalue weighted by molar-refractivity contribution is 0.251. The molecule has 1 fully saturated rings. The van der Waals surface area contributed by atoms with Gasteiger partial charge < -0.3 is 20.3 Å². The van der Waals surface area contributed by atoms with Crippen molar-refractivity contribution in [3.8, 4) is 6.01 Å². The molecule has 3 rings (SSSR count). The fourth-order valence-corrected chi connectivity index (χ4v) is 2.65. The van der Waals surface area contributed by atoms with Crippen LogP contribution in [0.4, 0.5) is 16.4 Å². The second kappa shape index (κ2) is 7.78. The maximum Gasteiger partial charge on any atom is 0.321 e. The lowest BCUT2D eigenvalue weighted by Gasteiger charge is -2.16. The highest BCUT2D eigenvalue weighted by molar-refractivity contribution is 5.89. The normalized spacial score (nSPS) is 13.6. The Bertz CT molecular complexity index is 746. The minimum atomic E-state index is -0.309. The third-order valence-electron chi connectivity index (χ3n) is 4.02. The smallest absolute Gasteiger partial charge is 0.321 e. The van der Waals surface area contributed by atoms with E-state index in [0.717, 1.165) is 37.2 Å². The lowest BCUT2D eigenvalue weighted by Crippen LogP contribution is -2.30. The number of urea groups is 1. The first-order valence-electron chi connectivity index (χ1n) is 8.30. The van der Waals surface area contributed by atoms with Gasteiger partial charge in [0.2, 0.25) is 5.95 Å². The second-order valence-corrected chi connectivity index (χ2v) is 5.86. The van der Waals surface area contributed by atoms with E-state index in [9.17, 15) is 4.79 Å². The molecule has 0 bridgehead atoms. The van der Waals surface area contributed by atoms with E-state index < -0.39 is 0 Å². The standard InChI is InChI=1S/C17H22N6O2/c1-12-7-3-4-8-13(12)19-16(24)18-11-14-20-15(22-17(21-14)25-2)23-9-5-6-10-23/h3-4,7-8H,5-6,9-11H2,1-2H3,(H2,18,19,24). The quantitative estimate of drug-likeness (QED) is 0.864. The molecule has 0 atom stereocenters. The predicted octanol–water partition coefficient (Wildman–Crippen LogP) is 2.11. The van der Waals surface area contributed by atoms with E-state index in [1.54, 1.807) is 0 Å². The zero-order chi connectivity index (χ0) is 17.6. The monoisotopic (exact) mass is 342 g/mol. The van der Waals surface area contributed by atoms with Crippen molar-refractivity contribution in [1.29, 1.82) is 0 Å². The van der Waals surface area contributed by atoms with Gasteiger partial charge in [0.1, 0.15) is 0 Å². The number of amides is 2. The Morgan fingerprint density at radius 3 is 2.68 bits per heavy atom. The van der Waals surface area contributed by atoms with Crippen molar-refractivity contribution in [3.63, 3.8) is 0 Å². The first-order valence-corrected chi connectivity index (χ1v) is 8.30. The highest BCUT2D eigenvalue weighted by atomic mass is 16.5. The summed E-state index contributed by atoms with van der Waals surface area (Å²) in [6, 6.07) is 7.54. The van der Waals surface area contributed by atoms with Crippen LogP contribution >= 0.6 is 0 Å². The van der Waals surface area contributed by atoms with Gasteiger partial charge in [-0.15, -0.1) is 0 Å². The van der Waals surface area contributed by atoms with Crippen molar-refractivity contribution >= 4 is 17.7 Å². The van der Waals surface area contributed by atoms with Crippen LogP contribution in [0, 0.1) is 6.92 Å². The summed E-state index contributed by atoms with van der Waals surface area (Å²) < 4.78 is 5.16. The Labute approximate surface area is 146 Å². The highest BCUT2D eigenvalue weighted by Crippen LogP contribution is 2.18. The molecule has 1 aromatic heterocycles. The number of carbonyl (C=O) groups excluding carboxylic acids is 1. The third kappa shape index (κ3) is 4.34. The van der Waals surface area contributed by atoms with E-state index in [1.807, 2.05) is 31.2 Å². The molecule has 0 aliphatic carbocycles. The van der Waals surface area contributed by atoms with Crippen LogP contribution in [0.3, 0.4) is 0 Å². The van der Waals surface area contributed by atoms with Crippen molar-refractivity contribution in [2.24, 2.45) is 0 Å². The van der Waals surface area contributed by atoms with E-state index in [2.05, 4.69) is 30.5 Å². The molecule has 0 radical (unpaired) electrons. The van der Waals surface area contributed by atoms with Crippen LogP contribution in [0.15, 0.2) is 24.3 Å². The van der Waals surface area contributed by atoms with Gasteiger partial charge in [0.25, 0.3) is 0 Å². The van der Waals surface area contributed by atoms with Gasteiger partial charge in [-0.2, -0.15) is 15.0 Å². The van der Waals surface area contributed by atoms with Crippen LogP contribution in [0.1, 0.15) is 24.2 Å². The van der Waals surface area contributed by atoms with Gasteiger partial charge in [-0.25, -0.2) is 4.79 Å². The molecule has 2 aromatic rings. The number of nitrogens with one attached hydrogen (secondary N) is 2. The number of aromatic nitrogens is 3. The van der Waals surface area contributed by atoms with E-state index in [1.165, 1.54) is 7.11 Å². The van der Waals surface area contributed by atoms with E-state index in [-0.39, 0.29) is 18.6 Å². The first-order chi connectivity index (χ1) is 12.2. The second-order valence-electron chi connectivity index (χ2n) is 5.86. The first kappa shape index (κ1) is 16.9. The van der Waals surface area contributed by atoms with Crippen LogP contribution in [0.25, 0.3) is 0 Å². The SMILES string of the molecule is COc1nc(CNC(=O)Nc2ccccc2C)nc(N2CCCC2)n1. The summed E-state index contributed by atoms with van der Waals surface area (Å²) in [7, 11) is 1.52. The maximum absolute atomic E-state index is 12.1. The molecule has 0 spiro atoms. The molecule has 2 amide bonds. The van der Waals surface area contributed by atoms with E-state index >= 15 is 0 Å². The van der Waals surface area contributed by atoms with Crippen molar-refractivity contribution < 1.29 is 9.53 Å². The third-order valence-corrected chi connectivity index (χ3v) is 4.02. The van der Waals surface area contributed by atoms with Gasteiger partial charge in [-0.05, 0) is 31.4 Å². The minimum absolute atomic E-state index is 0.192. The van der Waals surface area contributed by atoms with Gasteiger partial charge >= 0.3 is 12.0 Å². The highest BCUT2D eigenvalue weighted by Gasteiger charge is 2.18. The number of aryl methyl sites for hydroxylation is 1. The molecule has 25 heavy (non-hydrogen) atoms. The molecule has 8 nitrogen and oxygen atoms in total. The van der Waals surface area contributed by atoms with Gasteiger partial charge in [0.05, 0.1) is 13.7 Å². The summed E-state index contributed by atoms with van der Waals surface area (Å²) in [4.78, 5) is 27.1. The van der Waals surface area contributed by atoms with Crippen LogP contribution in [0.5, 0.6) is 6.01 Å². The number of para-hydroxylation sites is 1. The Balaban J connectivity index is 1.64. The van der Waals surface area contributed by atoms with Crippen LogP contribution < -0.4 is 20.3 Å². The zero-order valence-corrected chi connectivity index (χ0v) is 14.5. The van der Waals surface area contributed by atoms with E-state index in [4.69, 9.17) is 4.74 Å². The van der Waals surface area contributed by atoms with Crippen molar-refractivity contribution in [3.05, 3.63) is 35.7 Å². The number of hydrogen-bond acceptors (Lipinski definition) is 6. The van der Waals surface area contributed by atoms with Crippen LogP contribution in [-0.4, -0.2) is 41.2 Å². The van der Waals surface area contributed by atoms with Crippen LogP contribution in [0.2, 0.25) is 0 Å². The summed E-state index contributed by atoms with van der Waals surface area (Å²) in [6.45, 7) is 3.98. The fourth-order valence-electron chi connectivity index (χ4n) is 2.65. The zero-order valence-electron chi connectivity index (χ0n) is 14.5. The average molecular weight is 342 g/mol. The summed E-state index contributed by atoms with van der Waals surface area (Å²) >= 11 is 0. The number of benzene rings is 1. The average Bonchev–Trinajstić information content (AvgIpc) is 3.16. The number of anilines is 2. The van der Waals surface area contributed by atoms with Crippen molar-refractivity contribution in [2.75, 3.05) is 30.4 Å². The molecule has 2 heterocycles. The fraction of sp³-hybridized carbons (Fsp3) is 0.412. The lowest BCUT2D eigenvalue weighted by atomic mass is 10.2. The molecule has 1 saturated heterocycles. The number of rotatable bonds is 5. The molecule has 0 unspecified atom stereocenters. The topological polar surface area (TPSA) is 92.3 Å². The summed E-state index contributed by atoms with van der Waals surface area (Å²) in [5.74, 6) is 1.06. The Morgan fingerprint density at radius 2 is 1.96 bits per heavy atom. The number of methoxy groups -OCH3 is 1. The largest absolute Gasteiger partial charge is 0.467 e. The molecule has 132 valence electrons. The molecule has 2 N–H and O–H groups in total. The molecular weight excluding hydrogens is 320 g/mol. The molecule has 1 aliphatic heterocycles. The molecule has 1 aromatic carbocycles. The van der Waals surface area contributed by atoms with Crippen LogP contribution in [-0.2, 0) is 6.54 Å². The maximum atomic E-state index is 12.1. The van der Waals surface area contributed by atoms with Gasteiger partial charge in [0.15, 0.2) is 5.82 Å². The Kier molecular flexibility index (Phi) is 5.27. The molecule has 1 aliphatic rings. The van der Waals surface area contributed by atoms with Gasteiger partial charge in [0, 0.05) is 18.8 Å². The van der Waals surface area contributed by atoms with Crippen molar-refractivity contribution in [2.45, 2.75) is 26.3 Å². The van der Waals surface area contributed by atoms with E-state index in [0.29, 0.717) is 11.8 Å². The molecular formula is C17H22N6O2. The Hall–Kier alpha value is -2.90. The number of ether oxygens (including phenoxy) is 1. The van der Waals surface area contributed by atoms with Gasteiger partial charge in [-0.3, -0.25) is 0 Å². The van der Waals surface area contributed by atoms with Crippen molar-refractivity contribution in [1.82, 2.24) is 20.3 Å². The summed E-state index contributed by atoms with van der Waals surface area (Å²) in [5, 5.41) is 5.58. The Morgan fingerprint density at radius 1 is 1.20 bits per heavy atom. The number of nitrogens with zero attached hydrogens (tertiary/aromatic N) is 4.